The lowest BCUT2D eigenvalue weighted by molar-refractivity contribution is -0.0357. The van der Waals surface area contributed by atoms with Crippen LogP contribution in [-0.4, -0.2) is 24.2 Å². The highest BCUT2D eigenvalue weighted by atomic mass is 16.5. The molecule has 1 aliphatic carbocycles. The first-order valence-electron chi connectivity index (χ1n) is 6.85. The first kappa shape index (κ1) is 14.2. The van der Waals surface area contributed by atoms with Gasteiger partial charge in [-0.05, 0) is 12.8 Å². The zero-order valence-electron chi connectivity index (χ0n) is 11.7. The maximum Gasteiger partial charge on any atom is 0.251 e. The Morgan fingerprint density at radius 1 is 1.26 bits per heavy atom. The summed E-state index contributed by atoms with van der Waals surface area (Å²) in [5.74, 6) is 0.649. The van der Waals surface area contributed by atoms with Crippen LogP contribution in [0.1, 0.15) is 50.0 Å². The second-order valence-electron chi connectivity index (χ2n) is 5.13. The van der Waals surface area contributed by atoms with E-state index in [4.69, 9.17) is 9.47 Å². The van der Waals surface area contributed by atoms with E-state index < -0.39 is 5.60 Å². The lowest BCUT2D eigenvalue weighted by Crippen LogP contribution is -2.33. The van der Waals surface area contributed by atoms with E-state index in [1.807, 2.05) is 0 Å². The van der Waals surface area contributed by atoms with E-state index in [1.165, 1.54) is 18.9 Å². The van der Waals surface area contributed by atoms with Crippen LogP contribution in [0.3, 0.4) is 0 Å². The molecule has 1 fully saturated rings. The van der Waals surface area contributed by atoms with E-state index in [9.17, 15) is 4.79 Å². The second kappa shape index (κ2) is 6.30. The number of rotatable bonds is 4. The van der Waals surface area contributed by atoms with Gasteiger partial charge in [0.15, 0.2) is 0 Å². The molecule has 0 spiro atoms. The Morgan fingerprint density at radius 3 is 2.53 bits per heavy atom. The maximum absolute atomic E-state index is 11.8. The standard InChI is InChI=1S/C14H22N2O3/c1-18-10-11-9-12(17)16-13(15-11)14(19-2)7-5-3-4-6-8-14/h9H,3-8,10H2,1-2H3,(H,15,16,17). The summed E-state index contributed by atoms with van der Waals surface area (Å²) >= 11 is 0. The summed E-state index contributed by atoms with van der Waals surface area (Å²) in [6.45, 7) is 0.344. The molecule has 0 saturated heterocycles. The molecule has 0 unspecified atom stereocenters. The molecule has 1 aromatic rings. The van der Waals surface area contributed by atoms with Gasteiger partial charge in [-0.1, -0.05) is 25.7 Å². The van der Waals surface area contributed by atoms with Gasteiger partial charge in [0.2, 0.25) is 0 Å². The molecule has 106 valence electrons. The number of nitrogens with one attached hydrogen (secondary N) is 1. The molecule has 0 amide bonds. The monoisotopic (exact) mass is 266 g/mol. The van der Waals surface area contributed by atoms with E-state index in [1.54, 1.807) is 14.2 Å². The number of aromatic amines is 1. The highest BCUT2D eigenvalue weighted by Crippen LogP contribution is 2.36. The lowest BCUT2D eigenvalue weighted by atomic mass is 9.93. The number of hydrogen-bond acceptors (Lipinski definition) is 4. The van der Waals surface area contributed by atoms with Crippen molar-refractivity contribution < 1.29 is 9.47 Å². The first-order chi connectivity index (χ1) is 9.20. The van der Waals surface area contributed by atoms with Crippen molar-refractivity contribution in [3.8, 4) is 0 Å². The number of methoxy groups -OCH3 is 2. The maximum atomic E-state index is 11.8. The van der Waals surface area contributed by atoms with Crippen LogP contribution in [0.5, 0.6) is 0 Å². The minimum Gasteiger partial charge on any atom is -0.378 e. The molecule has 5 heteroatoms. The topological polar surface area (TPSA) is 64.2 Å². The fourth-order valence-electron chi connectivity index (χ4n) is 2.78. The average Bonchev–Trinajstić information content (AvgIpc) is 2.64. The van der Waals surface area contributed by atoms with Gasteiger partial charge in [-0.25, -0.2) is 4.98 Å². The molecule has 1 aliphatic rings. The summed E-state index contributed by atoms with van der Waals surface area (Å²) in [4.78, 5) is 19.1. The van der Waals surface area contributed by atoms with Gasteiger partial charge in [0, 0.05) is 20.3 Å². The van der Waals surface area contributed by atoms with E-state index in [2.05, 4.69) is 9.97 Å². The fraction of sp³-hybridized carbons (Fsp3) is 0.714. The summed E-state index contributed by atoms with van der Waals surface area (Å²) in [6, 6.07) is 1.48. The SMILES string of the molecule is COCc1cc(=O)[nH]c(C2(OC)CCCCCC2)n1. The van der Waals surface area contributed by atoms with Crippen molar-refractivity contribution in [3.63, 3.8) is 0 Å². The molecule has 0 bridgehead atoms. The quantitative estimate of drug-likeness (QED) is 0.848. The van der Waals surface area contributed by atoms with Crippen LogP contribution in [0, 0.1) is 0 Å². The summed E-state index contributed by atoms with van der Waals surface area (Å²) in [7, 11) is 3.30. The number of hydrogen-bond donors (Lipinski definition) is 1. The Bertz CT molecular complexity index is 462. The smallest absolute Gasteiger partial charge is 0.251 e. The summed E-state index contributed by atoms with van der Waals surface area (Å²) < 4.78 is 10.8. The van der Waals surface area contributed by atoms with Gasteiger partial charge in [-0.15, -0.1) is 0 Å². The Kier molecular flexibility index (Phi) is 4.71. The zero-order chi connectivity index (χ0) is 13.7. The van der Waals surface area contributed by atoms with Gasteiger partial charge in [0.1, 0.15) is 11.4 Å². The molecule has 5 nitrogen and oxygen atoms in total. The van der Waals surface area contributed by atoms with Crippen LogP contribution in [0.2, 0.25) is 0 Å². The van der Waals surface area contributed by atoms with Gasteiger partial charge >= 0.3 is 0 Å². The number of H-pyrrole nitrogens is 1. The van der Waals surface area contributed by atoms with Crippen molar-refractivity contribution in [2.24, 2.45) is 0 Å². The van der Waals surface area contributed by atoms with Crippen molar-refractivity contribution in [1.82, 2.24) is 9.97 Å². The molecule has 0 aromatic carbocycles. The Labute approximate surface area is 113 Å². The van der Waals surface area contributed by atoms with E-state index in [0.29, 0.717) is 18.1 Å². The molecule has 1 heterocycles. The van der Waals surface area contributed by atoms with E-state index in [-0.39, 0.29) is 5.56 Å². The predicted octanol–water partition coefficient (Wildman–Crippen LogP) is 2.11. The van der Waals surface area contributed by atoms with Crippen LogP contribution >= 0.6 is 0 Å². The van der Waals surface area contributed by atoms with Crippen LogP contribution in [0.4, 0.5) is 0 Å². The first-order valence-corrected chi connectivity index (χ1v) is 6.85. The Hall–Kier alpha value is -1.20. The molecule has 0 atom stereocenters. The number of aromatic nitrogens is 2. The molecule has 1 aromatic heterocycles. The highest BCUT2D eigenvalue weighted by Gasteiger charge is 2.35. The van der Waals surface area contributed by atoms with Crippen LogP contribution in [0.15, 0.2) is 10.9 Å². The average molecular weight is 266 g/mol. The molecular formula is C14H22N2O3. The highest BCUT2D eigenvalue weighted by molar-refractivity contribution is 5.09. The Balaban J connectivity index is 2.38. The zero-order valence-corrected chi connectivity index (χ0v) is 11.7. The summed E-state index contributed by atoms with van der Waals surface area (Å²) in [5, 5.41) is 0. The van der Waals surface area contributed by atoms with Crippen molar-refractivity contribution in [1.29, 1.82) is 0 Å². The molecular weight excluding hydrogens is 244 g/mol. The minimum absolute atomic E-state index is 0.141. The van der Waals surface area contributed by atoms with Crippen molar-refractivity contribution >= 4 is 0 Å². The van der Waals surface area contributed by atoms with E-state index >= 15 is 0 Å². The van der Waals surface area contributed by atoms with Crippen molar-refractivity contribution in [3.05, 3.63) is 27.9 Å². The third kappa shape index (κ3) is 3.22. The van der Waals surface area contributed by atoms with Crippen molar-refractivity contribution in [2.45, 2.75) is 50.7 Å². The van der Waals surface area contributed by atoms with Crippen LogP contribution in [-0.2, 0) is 21.7 Å². The third-order valence-corrected chi connectivity index (χ3v) is 3.82. The molecule has 19 heavy (non-hydrogen) atoms. The second-order valence-corrected chi connectivity index (χ2v) is 5.13. The van der Waals surface area contributed by atoms with Gasteiger partial charge in [-0.2, -0.15) is 0 Å². The molecule has 0 aliphatic heterocycles. The molecule has 1 saturated carbocycles. The van der Waals surface area contributed by atoms with Crippen molar-refractivity contribution in [2.75, 3.05) is 14.2 Å². The van der Waals surface area contributed by atoms with Gasteiger partial charge in [0.05, 0.1) is 12.3 Å². The fourth-order valence-corrected chi connectivity index (χ4v) is 2.78. The number of ether oxygens (including phenoxy) is 2. The lowest BCUT2D eigenvalue weighted by Gasteiger charge is -2.30. The normalized spacial score (nSPS) is 19.1. The van der Waals surface area contributed by atoms with Crippen LogP contribution in [0.25, 0.3) is 0 Å². The summed E-state index contributed by atoms with van der Waals surface area (Å²) in [6.07, 6.45) is 6.45. The number of nitrogens with zero attached hydrogens (tertiary/aromatic N) is 1. The van der Waals surface area contributed by atoms with Gasteiger partial charge in [-0.3, -0.25) is 4.79 Å². The third-order valence-electron chi connectivity index (χ3n) is 3.82. The largest absolute Gasteiger partial charge is 0.378 e. The Morgan fingerprint density at radius 2 is 1.95 bits per heavy atom. The van der Waals surface area contributed by atoms with Gasteiger partial charge in [0.25, 0.3) is 5.56 Å². The molecule has 1 N–H and O–H groups in total. The molecule has 2 rings (SSSR count). The van der Waals surface area contributed by atoms with Gasteiger partial charge < -0.3 is 14.5 Å². The van der Waals surface area contributed by atoms with E-state index in [0.717, 1.165) is 25.7 Å². The minimum atomic E-state index is -0.445. The predicted molar refractivity (Wildman–Crippen MR) is 72.0 cm³/mol. The summed E-state index contributed by atoms with van der Waals surface area (Å²) in [5.41, 5.74) is 0.0685. The van der Waals surface area contributed by atoms with Crippen LogP contribution < -0.4 is 5.56 Å². The molecule has 0 radical (unpaired) electrons.